The van der Waals surface area contributed by atoms with Gasteiger partial charge >= 0.3 is 8.25 Å². The monoisotopic (exact) mass is 144 g/mol. The van der Waals surface area contributed by atoms with Crippen molar-refractivity contribution in [1.29, 1.82) is 0 Å². The van der Waals surface area contributed by atoms with E-state index in [1.165, 1.54) is 14.2 Å². The zero-order chi connectivity index (χ0) is 4.99. The zero-order valence-electron chi connectivity index (χ0n) is 4.43. The largest absolute Gasteiger partial charge is 0.318 e. The van der Waals surface area contributed by atoms with E-state index in [0.29, 0.717) is 0 Å². The van der Waals surface area contributed by atoms with Gasteiger partial charge in [-0.15, -0.1) is 0 Å². The SMILES string of the molecule is CO[PH](=O)OC.P. The Morgan fingerprint density at radius 1 is 1.29 bits per heavy atom. The molecule has 0 fully saturated rings. The van der Waals surface area contributed by atoms with Crippen LogP contribution in [0.1, 0.15) is 0 Å². The molecule has 7 heavy (non-hydrogen) atoms. The highest BCUT2D eigenvalue weighted by molar-refractivity contribution is 7.33. The third-order valence-electron chi connectivity index (χ3n) is 0.333. The fourth-order valence-electron chi connectivity index (χ4n) is 0.0833. The first-order chi connectivity index (χ1) is 2.81. The van der Waals surface area contributed by atoms with Crippen LogP contribution in [-0.4, -0.2) is 14.2 Å². The Balaban J connectivity index is 0. The molecule has 0 amide bonds. The van der Waals surface area contributed by atoms with Crippen molar-refractivity contribution in [3.63, 3.8) is 0 Å². The first-order valence-electron chi connectivity index (χ1n) is 1.43. The van der Waals surface area contributed by atoms with Crippen molar-refractivity contribution in [1.82, 2.24) is 0 Å². The highest BCUT2D eigenvalue weighted by atomic mass is 31.1. The van der Waals surface area contributed by atoms with E-state index >= 15 is 0 Å². The van der Waals surface area contributed by atoms with Gasteiger partial charge in [0.2, 0.25) is 0 Å². The Bertz CT molecular complexity index is 48.9. The summed E-state index contributed by atoms with van der Waals surface area (Å²) >= 11 is 0. The van der Waals surface area contributed by atoms with E-state index in [2.05, 4.69) is 9.05 Å². The van der Waals surface area contributed by atoms with E-state index in [9.17, 15) is 4.57 Å². The second-order valence-electron chi connectivity index (χ2n) is 0.658. The first kappa shape index (κ1) is 10.5. The van der Waals surface area contributed by atoms with Crippen LogP contribution in [0.5, 0.6) is 0 Å². The Hall–Kier alpha value is 0.580. The smallest absolute Gasteiger partial charge is 0.314 e. The van der Waals surface area contributed by atoms with E-state index in [0.717, 1.165) is 0 Å². The van der Waals surface area contributed by atoms with E-state index < -0.39 is 8.25 Å². The maximum Gasteiger partial charge on any atom is 0.318 e. The summed E-state index contributed by atoms with van der Waals surface area (Å²) in [6.07, 6.45) is 0. The molecule has 5 heteroatoms. The summed E-state index contributed by atoms with van der Waals surface area (Å²) in [6.45, 7) is 0. The van der Waals surface area contributed by atoms with Crippen molar-refractivity contribution in [2.75, 3.05) is 14.2 Å². The standard InChI is InChI=1S/C2H7O3P.H3P/c1-4-6(3)5-2;/h6H,1-2H3;1H3. The summed E-state index contributed by atoms with van der Waals surface area (Å²) in [4.78, 5) is 0. The molecule has 0 radical (unpaired) electrons. The fourth-order valence-corrected chi connectivity index (χ4v) is 0.250. The lowest BCUT2D eigenvalue weighted by Crippen LogP contribution is -1.66. The second kappa shape index (κ2) is 6.58. The molecule has 0 aliphatic heterocycles. The molecular formula is C2H10O3P2. The van der Waals surface area contributed by atoms with Crippen molar-refractivity contribution >= 4 is 18.2 Å². The highest BCUT2D eigenvalue weighted by Crippen LogP contribution is 2.18. The van der Waals surface area contributed by atoms with Crippen molar-refractivity contribution < 1.29 is 13.6 Å². The van der Waals surface area contributed by atoms with Crippen LogP contribution in [0.3, 0.4) is 0 Å². The second-order valence-corrected chi connectivity index (χ2v) is 1.97. The molecule has 3 nitrogen and oxygen atoms in total. The predicted molar refractivity (Wildman–Crippen MR) is 34.1 cm³/mol. The minimum atomic E-state index is -2.12. The summed E-state index contributed by atoms with van der Waals surface area (Å²) in [5.74, 6) is 0. The van der Waals surface area contributed by atoms with Crippen molar-refractivity contribution in [2.45, 2.75) is 0 Å². The van der Waals surface area contributed by atoms with Crippen molar-refractivity contribution in [3.8, 4) is 0 Å². The average molecular weight is 144 g/mol. The van der Waals surface area contributed by atoms with Crippen LogP contribution in [0.4, 0.5) is 0 Å². The third kappa shape index (κ3) is 6.58. The molecule has 0 aromatic heterocycles. The molecule has 0 bridgehead atoms. The molecular weight excluding hydrogens is 134 g/mol. The minimum absolute atomic E-state index is 0. The molecule has 0 aromatic rings. The Kier molecular flexibility index (Phi) is 9.91. The lowest BCUT2D eigenvalue weighted by Gasteiger charge is -1.89. The first-order valence-corrected chi connectivity index (χ1v) is 2.65. The number of rotatable bonds is 2. The van der Waals surface area contributed by atoms with E-state index in [4.69, 9.17) is 0 Å². The normalized spacial score (nSPS) is 8.43. The maximum absolute atomic E-state index is 9.92. The maximum atomic E-state index is 9.92. The van der Waals surface area contributed by atoms with Crippen molar-refractivity contribution in [2.24, 2.45) is 0 Å². The van der Waals surface area contributed by atoms with Crippen LogP contribution in [0.15, 0.2) is 0 Å². The summed E-state index contributed by atoms with van der Waals surface area (Å²) in [5, 5.41) is 0. The Morgan fingerprint density at radius 2 is 1.57 bits per heavy atom. The molecule has 0 rings (SSSR count). The van der Waals surface area contributed by atoms with Crippen LogP contribution < -0.4 is 0 Å². The lowest BCUT2D eigenvalue weighted by atomic mass is 11.8. The zero-order valence-corrected chi connectivity index (χ0v) is 6.85. The molecule has 0 spiro atoms. The molecule has 0 aliphatic rings. The molecule has 0 saturated carbocycles. The minimum Gasteiger partial charge on any atom is -0.314 e. The van der Waals surface area contributed by atoms with E-state index in [1.807, 2.05) is 0 Å². The molecule has 1 atom stereocenters. The summed E-state index contributed by atoms with van der Waals surface area (Å²) in [6, 6.07) is 0. The predicted octanol–water partition coefficient (Wildman–Crippen LogP) is 0.727. The van der Waals surface area contributed by atoms with Crippen LogP contribution in [0.2, 0.25) is 0 Å². The molecule has 0 saturated heterocycles. The highest BCUT2D eigenvalue weighted by Gasteiger charge is 1.83. The topological polar surface area (TPSA) is 35.5 Å². The van der Waals surface area contributed by atoms with Gasteiger partial charge < -0.3 is 9.05 Å². The number of hydrogen-bond acceptors (Lipinski definition) is 3. The van der Waals surface area contributed by atoms with E-state index in [1.54, 1.807) is 0 Å². The quantitative estimate of drug-likeness (QED) is 0.536. The fraction of sp³-hybridized carbons (Fsp3) is 1.00. The van der Waals surface area contributed by atoms with E-state index in [-0.39, 0.29) is 9.90 Å². The molecule has 46 valence electrons. The van der Waals surface area contributed by atoms with Gasteiger partial charge in [-0.2, -0.15) is 9.90 Å². The van der Waals surface area contributed by atoms with Crippen LogP contribution in [-0.2, 0) is 13.6 Å². The molecule has 0 aliphatic carbocycles. The molecule has 0 N–H and O–H groups in total. The van der Waals surface area contributed by atoms with Crippen molar-refractivity contribution in [3.05, 3.63) is 0 Å². The van der Waals surface area contributed by atoms with Gasteiger partial charge in [-0.05, 0) is 0 Å². The van der Waals surface area contributed by atoms with Gasteiger partial charge in [0.05, 0.1) is 0 Å². The van der Waals surface area contributed by atoms with Gasteiger partial charge in [0.25, 0.3) is 0 Å². The summed E-state index contributed by atoms with van der Waals surface area (Å²) in [5.41, 5.74) is 0. The van der Waals surface area contributed by atoms with Crippen LogP contribution >= 0.6 is 18.2 Å². The third-order valence-corrected chi connectivity index (χ3v) is 1.00. The van der Waals surface area contributed by atoms with Crippen LogP contribution in [0, 0.1) is 0 Å². The molecule has 1 unspecified atom stereocenters. The van der Waals surface area contributed by atoms with Gasteiger partial charge in [0.1, 0.15) is 0 Å². The van der Waals surface area contributed by atoms with Gasteiger partial charge in [-0.3, -0.25) is 4.57 Å². The summed E-state index contributed by atoms with van der Waals surface area (Å²) in [7, 11) is 0.558. The van der Waals surface area contributed by atoms with Crippen LogP contribution in [0.25, 0.3) is 0 Å². The lowest BCUT2D eigenvalue weighted by molar-refractivity contribution is 0.302. The number of hydrogen-bond donors (Lipinski definition) is 0. The Labute approximate surface area is 47.0 Å². The average Bonchev–Trinajstić information content (AvgIpc) is 1.65. The van der Waals surface area contributed by atoms with Gasteiger partial charge in [-0.1, -0.05) is 0 Å². The summed E-state index contributed by atoms with van der Waals surface area (Å²) < 4.78 is 18.4. The Morgan fingerprint density at radius 3 is 1.57 bits per heavy atom. The molecule has 0 aromatic carbocycles. The van der Waals surface area contributed by atoms with Gasteiger partial charge in [0.15, 0.2) is 0 Å². The van der Waals surface area contributed by atoms with Gasteiger partial charge in [-0.25, -0.2) is 0 Å². The van der Waals surface area contributed by atoms with Gasteiger partial charge in [0, 0.05) is 14.2 Å². The molecule has 0 heterocycles.